The first-order valence-electron chi connectivity index (χ1n) is 10.9. The highest BCUT2D eigenvalue weighted by Crippen LogP contribution is 2.28. The van der Waals surface area contributed by atoms with Crippen LogP contribution in [0.4, 0.5) is 0 Å². The number of amides is 1. The van der Waals surface area contributed by atoms with Gasteiger partial charge in [-0.25, -0.2) is 8.42 Å². The Morgan fingerprint density at radius 1 is 0.800 bits per heavy atom. The predicted molar refractivity (Wildman–Crippen MR) is 117 cm³/mol. The van der Waals surface area contributed by atoms with E-state index in [-0.39, 0.29) is 11.8 Å². The van der Waals surface area contributed by atoms with Crippen LogP contribution in [0.25, 0.3) is 0 Å². The van der Waals surface area contributed by atoms with E-state index < -0.39 is 10.0 Å². The van der Waals surface area contributed by atoms with Crippen LogP contribution in [0.15, 0.2) is 65.6 Å². The average Bonchev–Trinajstić information content (AvgIpc) is 2.80. The summed E-state index contributed by atoms with van der Waals surface area (Å²) in [5.41, 5.74) is 1.37. The molecular weight excluding hydrogens is 396 g/mol. The number of rotatable bonds is 5. The molecule has 0 radical (unpaired) electrons. The third-order valence-electron chi connectivity index (χ3n) is 6.48. The highest BCUT2D eigenvalue weighted by Gasteiger charge is 2.34. The van der Waals surface area contributed by atoms with E-state index in [1.165, 1.54) is 9.87 Å². The fourth-order valence-corrected chi connectivity index (χ4v) is 6.14. The molecule has 6 heteroatoms. The molecule has 0 saturated carbocycles. The summed E-state index contributed by atoms with van der Waals surface area (Å²) in [4.78, 5) is 15.3. The molecule has 1 amide bonds. The van der Waals surface area contributed by atoms with Crippen LogP contribution in [0.2, 0.25) is 0 Å². The first kappa shape index (κ1) is 21.1. The summed E-state index contributed by atoms with van der Waals surface area (Å²) in [6.45, 7) is 2.47. The maximum atomic E-state index is 13.0. The van der Waals surface area contributed by atoms with Crippen LogP contribution in [0.1, 0.15) is 31.2 Å². The molecule has 160 valence electrons. The molecule has 0 aliphatic carbocycles. The monoisotopic (exact) mass is 426 g/mol. The number of likely N-dealkylation sites (tertiary alicyclic amines) is 1. The lowest BCUT2D eigenvalue weighted by Crippen LogP contribution is -2.46. The molecule has 2 fully saturated rings. The van der Waals surface area contributed by atoms with Gasteiger partial charge in [0.1, 0.15) is 0 Å². The Morgan fingerprint density at radius 2 is 1.37 bits per heavy atom. The smallest absolute Gasteiger partial charge is 0.243 e. The number of piperidine rings is 2. The Morgan fingerprint density at radius 3 is 1.97 bits per heavy atom. The third-order valence-corrected chi connectivity index (χ3v) is 8.39. The summed E-state index contributed by atoms with van der Waals surface area (Å²) in [5.74, 6) is 0.789. The van der Waals surface area contributed by atoms with Crippen LogP contribution in [0.3, 0.4) is 0 Å². The van der Waals surface area contributed by atoms with Crippen molar-refractivity contribution in [1.29, 1.82) is 0 Å². The number of nitrogens with zero attached hydrogens (tertiary/aromatic N) is 2. The van der Waals surface area contributed by atoms with E-state index in [4.69, 9.17) is 0 Å². The third kappa shape index (κ3) is 4.76. The molecule has 2 aromatic rings. The number of sulfonamides is 1. The average molecular weight is 427 g/mol. The van der Waals surface area contributed by atoms with E-state index in [2.05, 4.69) is 24.3 Å². The lowest BCUT2D eigenvalue weighted by atomic mass is 9.89. The second kappa shape index (κ2) is 9.31. The minimum atomic E-state index is -3.46. The van der Waals surface area contributed by atoms with Gasteiger partial charge in [0.05, 0.1) is 4.90 Å². The molecule has 0 spiro atoms. The van der Waals surface area contributed by atoms with Crippen molar-refractivity contribution in [2.75, 3.05) is 26.2 Å². The minimum absolute atomic E-state index is 0.0575. The normalized spacial score (nSPS) is 19.7. The quantitative estimate of drug-likeness (QED) is 0.734. The summed E-state index contributed by atoms with van der Waals surface area (Å²) >= 11 is 0. The van der Waals surface area contributed by atoms with E-state index in [1.54, 1.807) is 24.3 Å². The van der Waals surface area contributed by atoms with E-state index in [1.807, 2.05) is 17.0 Å². The lowest BCUT2D eigenvalue weighted by molar-refractivity contribution is -0.138. The maximum Gasteiger partial charge on any atom is 0.243 e. The Hall–Kier alpha value is -2.18. The molecule has 4 rings (SSSR count). The van der Waals surface area contributed by atoms with Crippen molar-refractivity contribution in [1.82, 2.24) is 9.21 Å². The van der Waals surface area contributed by atoms with Crippen LogP contribution in [0, 0.1) is 11.8 Å². The van der Waals surface area contributed by atoms with Crippen molar-refractivity contribution >= 4 is 15.9 Å². The van der Waals surface area contributed by atoms with Crippen LogP contribution in [-0.4, -0.2) is 49.7 Å². The van der Waals surface area contributed by atoms with Crippen molar-refractivity contribution in [2.24, 2.45) is 11.8 Å². The van der Waals surface area contributed by atoms with Crippen molar-refractivity contribution in [2.45, 2.75) is 37.0 Å². The largest absolute Gasteiger partial charge is 0.342 e. The van der Waals surface area contributed by atoms with Gasteiger partial charge in [-0.2, -0.15) is 4.31 Å². The van der Waals surface area contributed by atoms with Gasteiger partial charge in [0.2, 0.25) is 15.9 Å². The van der Waals surface area contributed by atoms with Gasteiger partial charge in [-0.3, -0.25) is 4.79 Å². The van der Waals surface area contributed by atoms with Crippen molar-refractivity contribution < 1.29 is 13.2 Å². The van der Waals surface area contributed by atoms with Crippen LogP contribution in [0.5, 0.6) is 0 Å². The molecule has 0 atom stereocenters. The van der Waals surface area contributed by atoms with Gasteiger partial charge < -0.3 is 4.90 Å². The molecule has 0 bridgehead atoms. The second-order valence-corrected chi connectivity index (χ2v) is 10.4. The molecule has 0 unspecified atom stereocenters. The van der Waals surface area contributed by atoms with Gasteiger partial charge in [-0.15, -0.1) is 0 Å². The summed E-state index contributed by atoms with van der Waals surface area (Å²) < 4.78 is 27.1. The molecule has 30 heavy (non-hydrogen) atoms. The zero-order chi connectivity index (χ0) is 21.0. The standard InChI is InChI=1S/C24H30N2O3S/c27-24(25-15-11-21(12-16-25)19-20-7-3-1-4-8-20)22-13-17-26(18-14-22)30(28,29)23-9-5-2-6-10-23/h1-10,21-22H,11-19H2. The Labute approximate surface area is 179 Å². The molecule has 2 aromatic carbocycles. The molecule has 2 aliphatic rings. The SMILES string of the molecule is O=C(C1CCN(S(=O)(=O)c2ccccc2)CC1)N1CCC(Cc2ccccc2)CC1. The molecule has 2 saturated heterocycles. The topological polar surface area (TPSA) is 57.7 Å². The molecule has 5 nitrogen and oxygen atoms in total. The number of carbonyl (C=O) groups excluding carboxylic acids is 1. The van der Waals surface area contributed by atoms with Gasteiger partial charge in [0.25, 0.3) is 0 Å². The maximum absolute atomic E-state index is 13.0. The number of benzene rings is 2. The zero-order valence-corrected chi connectivity index (χ0v) is 18.1. The summed E-state index contributed by atoms with van der Waals surface area (Å²) in [5, 5.41) is 0. The first-order chi connectivity index (χ1) is 14.5. The van der Waals surface area contributed by atoms with Crippen molar-refractivity contribution in [3.05, 3.63) is 66.2 Å². The minimum Gasteiger partial charge on any atom is -0.342 e. The van der Waals surface area contributed by atoms with Crippen LogP contribution >= 0.6 is 0 Å². The molecule has 0 aromatic heterocycles. The highest BCUT2D eigenvalue weighted by molar-refractivity contribution is 7.89. The van der Waals surface area contributed by atoms with Crippen molar-refractivity contribution in [3.63, 3.8) is 0 Å². The van der Waals surface area contributed by atoms with Gasteiger partial charge in [0.15, 0.2) is 0 Å². The van der Waals surface area contributed by atoms with Gasteiger partial charge in [0, 0.05) is 32.1 Å². The van der Waals surface area contributed by atoms with E-state index in [9.17, 15) is 13.2 Å². The van der Waals surface area contributed by atoms with E-state index >= 15 is 0 Å². The molecule has 2 heterocycles. The van der Waals surface area contributed by atoms with E-state index in [0.717, 1.165) is 32.4 Å². The fraction of sp³-hybridized carbons (Fsp3) is 0.458. The van der Waals surface area contributed by atoms with Gasteiger partial charge >= 0.3 is 0 Å². The van der Waals surface area contributed by atoms with Crippen LogP contribution < -0.4 is 0 Å². The second-order valence-electron chi connectivity index (χ2n) is 8.45. The number of hydrogen-bond acceptors (Lipinski definition) is 3. The van der Waals surface area contributed by atoms with Crippen molar-refractivity contribution in [3.8, 4) is 0 Å². The number of carbonyl (C=O) groups is 1. The lowest BCUT2D eigenvalue weighted by Gasteiger charge is -2.37. The molecular formula is C24H30N2O3S. The van der Waals surface area contributed by atoms with Gasteiger partial charge in [-0.05, 0) is 55.7 Å². The van der Waals surface area contributed by atoms with Crippen LogP contribution in [-0.2, 0) is 21.2 Å². The summed E-state index contributed by atoms with van der Waals surface area (Å²) in [7, 11) is -3.46. The van der Waals surface area contributed by atoms with Gasteiger partial charge in [-0.1, -0.05) is 48.5 Å². The Balaban J connectivity index is 1.27. The van der Waals surface area contributed by atoms with E-state index in [0.29, 0.717) is 36.7 Å². The first-order valence-corrected chi connectivity index (χ1v) is 12.4. The summed E-state index contributed by atoms with van der Waals surface area (Å²) in [6.07, 6.45) is 4.38. The Kier molecular flexibility index (Phi) is 6.54. The highest BCUT2D eigenvalue weighted by atomic mass is 32.2. The zero-order valence-electron chi connectivity index (χ0n) is 17.3. The molecule has 0 N–H and O–H groups in total. The Bertz CT molecular complexity index is 931. The summed E-state index contributed by atoms with van der Waals surface area (Å²) in [6, 6.07) is 19.1. The predicted octanol–water partition coefficient (Wildman–Crippen LogP) is 3.57. The molecule has 2 aliphatic heterocycles. The number of hydrogen-bond donors (Lipinski definition) is 0. The fourth-order valence-electron chi connectivity index (χ4n) is 4.65.